The zero-order valence-electron chi connectivity index (χ0n) is 16.7. The van der Waals surface area contributed by atoms with Crippen LogP contribution in [0.1, 0.15) is 62.8 Å². The van der Waals surface area contributed by atoms with Gasteiger partial charge in [-0.3, -0.25) is 4.79 Å². The molecule has 2 rings (SSSR count). The van der Waals surface area contributed by atoms with Crippen molar-refractivity contribution >= 4 is 23.2 Å². The standard InChI is InChI=1S/C23H30N2OS/c1-5-21(20-9-7-6-8-10-20)24-23(27)25-22(26)17(4)19-13-11-18(12-14-19)15-16(2)3/h6-14,16-17,21H,5,15H2,1-4H3,(H2,24,25,26,27). The lowest BCUT2D eigenvalue weighted by Crippen LogP contribution is -2.42. The monoisotopic (exact) mass is 382 g/mol. The molecule has 0 saturated heterocycles. The molecule has 0 aliphatic rings. The fourth-order valence-electron chi connectivity index (χ4n) is 3.09. The Morgan fingerprint density at radius 2 is 1.59 bits per heavy atom. The van der Waals surface area contributed by atoms with E-state index in [1.54, 1.807) is 0 Å². The number of thiocarbonyl (C=S) groups is 1. The summed E-state index contributed by atoms with van der Waals surface area (Å²) in [4.78, 5) is 12.6. The van der Waals surface area contributed by atoms with E-state index in [0.29, 0.717) is 11.0 Å². The lowest BCUT2D eigenvalue weighted by atomic mass is 9.96. The summed E-state index contributed by atoms with van der Waals surface area (Å²) in [6, 6.07) is 18.5. The minimum atomic E-state index is -0.255. The first-order valence-corrected chi connectivity index (χ1v) is 10.1. The van der Waals surface area contributed by atoms with Gasteiger partial charge in [0, 0.05) is 0 Å². The van der Waals surface area contributed by atoms with E-state index in [1.807, 2.05) is 37.3 Å². The largest absolute Gasteiger partial charge is 0.356 e. The summed E-state index contributed by atoms with van der Waals surface area (Å²) in [5.41, 5.74) is 3.45. The van der Waals surface area contributed by atoms with Gasteiger partial charge in [-0.2, -0.15) is 0 Å². The average molecular weight is 383 g/mol. The number of carbonyl (C=O) groups excluding carboxylic acids is 1. The van der Waals surface area contributed by atoms with E-state index in [2.05, 4.69) is 55.7 Å². The van der Waals surface area contributed by atoms with Crippen LogP contribution in [0.4, 0.5) is 0 Å². The molecule has 27 heavy (non-hydrogen) atoms. The third kappa shape index (κ3) is 6.47. The normalized spacial score (nSPS) is 13.1. The molecule has 0 radical (unpaired) electrons. The number of hydrogen-bond acceptors (Lipinski definition) is 2. The van der Waals surface area contributed by atoms with Crippen molar-refractivity contribution in [3.05, 3.63) is 71.3 Å². The SMILES string of the molecule is CCC(NC(=S)NC(=O)C(C)c1ccc(CC(C)C)cc1)c1ccccc1. The molecule has 0 aliphatic carbocycles. The van der Waals surface area contributed by atoms with Gasteiger partial charge in [-0.25, -0.2) is 0 Å². The molecule has 4 heteroatoms. The van der Waals surface area contributed by atoms with Crippen molar-refractivity contribution in [1.82, 2.24) is 10.6 Å². The van der Waals surface area contributed by atoms with Gasteiger partial charge >= 0.3 is 0 Å². The molecule has 0 bridgehead atoms. The van der Waals surface area contributed by atoms with Gasteiger partial charge in [0.05, 0.1) is 12.0 Å². The predicted molar refractivity (Wildman–Crippen MR) is 117 cm³/mol. The number of hydrogen-bond donors (Lipinski definition) is 2. The molecule has 2 unspecified atom stereocenters. The molecule has 2 atom stereocenters. The van der Waals surface area contributed by atoms with Crippen LogP contribution in [0.3, 0.4) is 0 Å². The van der Waals surface area contributed by atoms with Crippen LogP contribution in [0.15, 0.2) is 54.6 Å². The molecular formula is C23H30N2OS. The van der Waals surface area contributed by atoms with E-state index in [1.165, 1.54) is 5.56 Å². The van der Waals surface area contributed by atoms with E-state index >= 15 is 0 Å². The van der Waals surface area contributed by atoms with Crippen LogP contribution in [0.2, 0.25) is 0 Å². The van der Waals surface area contributed by atoms with Crippen LogP contribution in [0, 0.1) is 5.92 Å². The van der Waals surface area contributed by atoms with Crippen molar-refractivity contribution in [1.29, 1.82) is 0 Å². The highest BCUT2D eigenvalue weighted by molar-refractivity contribution is 7.80. The van der Waals surface area contributed by atoms with Gasteiger partial charge < -0.3 is 10.6 Å². The topological polar surface area (TPSA) is 41.1 Å². The molecule has 3 nitrogen and oxygen atoms in total. The van der Waals surface area contributed by atoms with Crippen molar-refractivity contribution in [2.75, 3.05) is 0 Å². The first-order valence-electron chi connectivity index (χ1n) is 9.65. The first-order chi connectivity index (χ1) is 12.9. The molecule has 0 fully saturated rings. The lowest BCUT2D eigenvalue weighted by molar-refractivity contribution is -0.120. The number of carbonyl (C=O) groups is 1. The average Bonchev–Trinajstić information content (AvgIpc) is 2.66. The second-order valence-corrected chi connectivity index (χ2v) is 7.80. The van der Waals surface area contributed by atoms with Gasteiger partial charge in [-0.05, 0) is 54.6 Å². The van der Waals surface area contributed by atoms with Gasteiger partial charge in [0.2, 0.25) is 5.91 Å². The van der Waals surface area contributed by atoms with Crippen LogP contribution in [0.5, 0.6) is 0 Å². The number of nitrogens with one attached hydrogen (secondary N) is 2. The zero-order valence-corrected chi connectivity index (χ0v) is 17.5. The molecule has 0 aromatic heterocycles. The zero-order chi connectivity index (χ0) is 19.8. The summed E-state index contributed by atoms with van der Waals surface area (Å²) < 4.78 is 0. The Balaban J connectivity index is 1.94. The third-order valence-electron chi connectivity index (χ3n) is 4.67. The summed E-state index contributed by atoms with van der Waals surface area (Å²) in [5.74, 6) is 0.276. The quantitative estimate of drug-likeness (QED) is 0.652. The first kappa shape index (κ1) is 21.1. The van der Waals surface area contributed by atoms with E-state index in [0.717, 1.165) is 24.0 Å². The van der Waals surface area contributed by atoms with E-state index in [9.17, 15) is 4.79 Å². The van der Waals surface area contributed by atoms with Crippen molar-refractivity contribution in [3.63, 3.8) is 0 Å². The molecular weight excluding hydrogens is 352 g/mol. The second-order valence-electron chi connectivity index (χ2n) is 7.40. The van der Waals surface area contributed by atoms with Crippen LogP contribution in [-0.2, 0) is 11.2 Å². The van der Waals surface area contributed by atoms with Crippen LogP contribution in [0.25, 0.3) is 0 Å². The molecule has 0 aliphatic heterocycles. The fourth-order valence-corrected chi connectivity index (χ4v) is 3.33. The number of rotatable bonds is 7. The Kier molecular flexibility index (Phi) is 7.99. The minimum Gasteiger partial charge on any atom is -0.356 e. The molecule has 2 N–H and O–H groups in total. The maximum Gasteiger partial charge on any atom is 0.233 e. The third-order valence-corrected chi connectivity index (χ3v) is 4.89. The van der Waals surface area contributed by atoms with E-state index < -0.39 is 0 Å². The van der Waals surface area contributed by atoms with Gasteiger partial charge in [-0.15, -0.1) is 0 Å². The maximum absolute atomic E-state index is 12.6. The highest BCUT2D eigenvalue weighted by Crippen LogP contribution is 2.18. The van der Waals surface area contributed by atoms with E-state index in [4.69, 9.17) is 12.2 Å². The maximum atomic E-state index is 12.6. The fraction of sp³-hybridized carbons (Fsp3) is 0.391. The smallest absolute Gasteiger partial charge is 0.233 e. The van der Waals surface area contributed by atoms with Gasteiger partial charge in [-0.1, -0.05) is 75.4 Å². The summed E-state index contributed by atoms with van der Waals surface area (Å²) in [6.45, 7) is 8.41. The predicted octanol–water partition coefficient (Wildman–Crippen LogP) is 5.13. The molecule has 0 spiro atoms. The number of benzene rings is 2. The van der Waals surface area contributed by atoms with Gasteiger partial charge in [0.15, 0.2) is 5.11 Å². The Morgan fingerprint density at radius 1 is 0.963 bits per heavy atom. The summed E-state index contributed by atoms with van der Waals surface area (Å²) >= 11 is 5.37. The van der Waals surface area contributed by atoms with Crippen molar-refractivity contribution in [2.24, 2.45) is 5.92 Å². The Morgan fingerprint density at radius 3 is 2.15 bits per heavy atom. The highest BCUT2D eigenvalue weighted by Gasteiger charge is 2.18. The van der Waals surface area contributed by atoms with Crippen molar-refractivity contribution < 1.29 is 4.79 Å². The van der Waals surface area contributed by atoms with Crippen LogP contribution >= 0.6 is 12.2 Å². The summed E-state index contributed by atoms with van der Waals surface area (Å²) in [6.07, 6.45) is 1.93. The lowest BCUT2D eigenvalue weighted by Gasteiger charge is -2.21. The van der Waals surface area contributed by atoms with Gasteiger partial charge in [0.25, 0.3) is 0 Å². The van der Waals surface area contributed by atoms with Crippen molar-refractivity contribution in [2.45, 2.75) is 52.5 Å². The Bertz CT molecular complexity index is 741. The summed E-state index contributed by atoms with van der Waals surface area (Å²) in [7, 11) is 0. The molecule has 2 aromatic rings. The Labute approximate surface area is 168 Å². The van der Waals surface area contributed by atoms with Crippen LogP contribution < -0.4 is 10.6 Å². The summed E-state index contributed by atoms with van der Waals surface area (Å²) in [5, 5.41) is 6.47. The molecule has 2 aromatic carbocycles. The van der Waals surface area contributed by atoms with Gasteiger partial charge in [0.1, 0.15) is 0 Å². The Hall–Kier alpha value is -2.20. The molecule has 0 saturated carbocycles. The second kappa shape index (κ2) is 10.2. The molecule has 144 valence electrons. The number of amides is 1. The minimum absolute atomic E-state index is 0.0876. The van der Waals surface area contributed by atoms with Crippen LogP contribution in [-0.4, -0.2) is 11.0 Å². The molecule has 0 heterocycles. The molecule has 1 amide bonds. The van der Waals surface area contributed by atoms with Crippen molar-refractivity contribution in [3.8, 4) is 0 Å². The highest BCUT2D eigenvalue weighted by atomic mass is 32.1. The van der Waals surface area contributed by atoms with E-state index in [-0.39, 0.29) is 17.9 Å².